The highest BCUT2D eigenvalue weighted by Crippen LogP contribution is 2.44. The third-order valence-electron chi connectivity index (χ3n) is 4.19. The predicted molar refractivity (Wildman–Crippen MR) is 86.5 cm³/mol. The second-order valence-corrected chi connectivity index (χ2v) is 5.32. The van der Waals surface area contributed by atoms with E-state index in [1.54, 1.807) is 0 Å². The van der Waals surface area contributed by atoms with Crippen LogP contribution in [0.2, 0.25) is 0 Å². The molecule has 2 aromatic rings. The monoisotopic (exact) mass is 322 g/mol. The Morgan fingerprint density at radius 2 is 1.75 bits per heavy atom. The third-order valence-corrected chi connectivity index (χ3v) is 4.19. The number of benzene rings is 2. The van der Waals surface area contributed by atoms with Crippen LogP contribution in [0.1, 0.15) is 37.4 Å². The molecule has 1 aliphatic carbocycles. The number of nitrogens with zero attached hydrogens (tertiary/aromatic N) is 1. The van der Waals surface area contributed by atoms with E-state index in [9.17, 15) is 14.9 Å². The summed E-state index contributed by atoms with van der Waals surface area (Å²) in [6.07, 6.45) is 0.412. The molecule has 2 N–H and O–H groups in total. The van der Waals surface area contributed by atoms with E-state index >= 15 is 0 Å². The first-order valence-corrected chi connectivity index (χ1v) is 7.18. The number of nitrogens with two attached hydrogens (primary N) is 1. The first kappa shape index (κ1) is 15.6. The van der Waals surface area contributed by atoms with Crippen molar-refractivity contribution in [3.63, 3.8) is 0 Å². The number of rotatable bonds is 2. The molecule has 2 aromatic carbocycles. The minimum atomic E-state index is -0.775. The summed E-state index contributed by atoms with van der Waals surface area (Å²) in [4.78, 5) is 24.5. The molecule has 120 valence electrons. The minimum Gasteiger partial charge on any atom is -0.465 e. The van der Waals surface area contributed by atoms with Gasteiger partial charge in [0.2, 0.25) is 0 Å². The number of esters is 2. The summed E-state index contributed by atoms with van der Waals surface area (Å²) in [7, 11) is 2.42. The molecule has 0 amide bonds. The molecule has 6 nitrogen and oxygen atoms in total. The van der Waals surface area contributed by atoms with Crippen molar-refractivity contribution in [2.24, 2.45) is 0 Å². The molecular weight excluding hydrogens is 308 g/mol. The van der Waals surface area contributed by atoms with Gasteiger partial charge in [-0.2, -0.15) is 5.26 Å². The molecule has 0 aliphatic heterocycles. The van der Waals surface area contributed by atoms with Crippen molar-refractivity contribution in [3.8, 4) is 17.2 Å². The summed E-state index contributed by atoms with van der Waals surface area (Å²) >= 11 is 0. The molecule has 0 atom stereocenters. The van der Waals surface area contributed by atoms with E-state index < -0.39 is 11.9 Å². The second kappa shape index (κ2) is 5.70. The molecule has 0 aromatic heterocycles. The molecule has 0 saturated carbocycles. The molecule has 0 bridgehead atoms. The second-order valence-electron chi connectivity index (χ2n) is 5.32. The molecule has 0 saturated heterocycles. The molecule has 0 spiro atoms. The smallest absolute Gasteiger partial charge is 0.340 e. The Kier molecular flexibility index (Phi) is 3.70. The van der Waals surface area contributed by atoms with Crippen LogP contribution < -0.4 is 5.73 Å². The van der Waals surface area contributed by atoms with Crippen LogP contribution in [0.5, 0.6) is 0 Å². The van der Waals surface area contributed by atoms with Gasteiger partial charge in [-0.05, 0) is 23.1 Å². The van der Waals surface area contributed by atoms with Crippen LogP contribution in [-0.2, 0) is 15.9 Å². The zero-order valence-electron chi connectivity index (χ0n) is 13.2. The fraction of sp³-hybridized carbons (Fsp3) is 0.167. The normalized spacial score (nSPS) is 11.2. The van der Waals surface area contributed by atoms with E-state index in [1.165, 1.54) is 14.2 Å². The van der Waals surface area contributed by atoms with Gasteiger partial charge in [0.1, 0.15) is 6.07 Å². The number of hydrogen-bond acceptors (Lipinski definition) is 6. The molecule has 1 aliphatic rings. The number of carbonyl (C=O) groups excluding carboxylic acids is 2. The average molecular weight is 322 g/mol. The molecule has 3 rings (SSSR count). The van der Waals surface area contributed by atoms with Gasteiger partial charge in [-0.25, -0.2) is 9.59 Å². The molecule has 0 fully saturated rings. The van der Waals surface area contributed by atoms with Crippen molar-refractivity contribution in [1.29, 1.82) is 5.26 Å². The lowest BCUT2D eigenvalue weighted by Crippen LogP contribution is -2.18. The van der Waals surface area contributed by atoms with Gasteiger partial charge in [0.15, 0.2) is 0 Å². The van der Waals surface area contributed by atoms with E-state index in [2.05, 4.69) is 6.07 Å². The molecule has 0 unspecified atom stereocenters. The Hall–Kier alpha value is -3.33. The average Bonchev–Trinajstić information content (AvgIpc) is 2.98. The summed E-state index contributed by atoms with van der Waals surface area (Å²) in [5.74, 6) is -1.46. The fourth-order valence-electron chi connectivity index (χ4n) is 3.16. The summed E-state index contributed by atoms with van der Waals surface area (Å²) in [5, 5.41) is 9.58. The summed E-state index contributed by atoms with van der Waals surface area (Å²) in [6.45, 7) is 0. The number of ether oxygens (including phenoxy) is 2. The van der Waals surface area contributed by atoms with Crippen LogP contribution in [0.25, 0.3) is 11.1 Å². The van der Waals surface area contributed by atoms with Gasteiger partial charge in [-0.1, -0.05) is 24.3 Å². The van der Waals surface area contributed by atoms with Gasteiger partial charge < -0.3 is 15.2 Å². The summed E-state index contributed by atoms with van der Waals surface area (Å²) < 4.78 is 9.59. The highest BCUT2D eigenvalue weighted by atomic mass is 16.5. The van der Waals surface area contributed by atoms with Crippen LogP contribution in [0.15, 0.2) is 24.3 Å². The number of nitrogen functional groups attached to an aromatic ring is 1. The lowest BCUT2D eigenvalue weighted by Gasteiger charge is -2.16. The van der Waals surface area contributed by atoms with E-state index in [0.717, 1.165) is 11.1 Å². The van der Waals surface area contributed by atoms with Crippen molar-refractivity contribution >= 4 is 17.6 Å². The largest absolute Gasteiger partial charge is 0.465 e. The third kappa shape index (κ3) is 2.02. The number of hydrogen-bond donors (Lipinski definition) is 1. The Balaban J connectivity index is 2.47. The Morgan fingerprint density at radius 1 is 1.12 bits per heavy atom. The highest BCUT2D eigenvalue weighted by Gasteiger charge is 2.34. The SMILES string of the molecule is COC(=O)c1c(N)c(C#N)c2c(c1C(=O)OC)Cc1ccccc1-2. The van der Waals surface area contributed by atoms with Crippen molar-refractivity contribution in [2.45, 2.75) is 6.42 Å². The maximum atomic E-state index is 12.3. The Morgan fingerprint density at radius 3 is 2.38 bits per heavy atom. The molecule has 0 radical (unpaired) electrons. The van der Waals surface area contributed by atoms with Gasteiger partial charge in [-0.15, -0.1) is 0 Å². The van der Waals surface area contributed by atoms with Gasteiger partial charge in [-0.3, -0.25) is 0 Å². The van der Waals surface area contributed by atoms with E-state index in [0.29, 0.717) is 17.5 Å². The van der Waals surface area contributed by atoms with Crippen LogP contribution >= 0.6 is 0 Å². The van der Waals surface area contributed by atoms with E-state index in [4.69, 9.17) is 15.2 Å². The van der Waals surface area contributed by atoms with Crippen molar-refractivity contribution < 1.29 is 19.1 Å². The van der Waals surface area contributed by atoms with Gasteiger partial charge in [0, 0.05) is 5.56 Å². The lowest BCUT2D eigenvalue weighted by molar-refractivity contribution is 0.0555. The number of methoxy groups -OCH3 is 2. The minimum absolute atomic E-state index is 0.0621. The van der Waals surface area contributed by atoms with Gasteiger partial charge in [0.25, 0.3) is 0 Å². The van der Waals surface area contributed by atoms with Crippen molar-refractivity contribution in [3.05, 3.63) is 52.1 Å². The van der Waals surface area contributed by atoms with Crippen LogP contribution in [0.4, 0.5) is 5.69 Å². The van der Waals surface area contributed by atoms with Crippen molar-refractivity contribution in [2.75, 3.05) is 20.0 Å². The number of fused-ring (bicyclic) bond motifs is 3. The lowest BCUT2D eigenvalue weighted by atomic mass is 9.90. The van der Waals surface area contributed by atoms with Crippen LogP contribution in [-0.4, -0.2) is 26.2 Å². The molecule has 24 heavy (non-hydrogen) atoms. The Bertz CT molecular complexity index is 926. The quantitative estimate of drug-likeness (QED) is 0.573. The zero-order valence-corrected chi connectivity index (χ0v) is 13.2. The van der Waals surface area contributed by atoms with Gasteiger partial charge >= 0.3 is 11.9 Å². The van der Waals surface area contributed by atoms with Crippen LogP contribution in [0.3, 0.4) is 0 Å². The fourth-order valence-corrected chi connectivity index (χ4v) is 3.16. The zero-order chi connectivity index (χ0) is 17.4. The number of nitriles is 1. The number of anilines is 1. The maximum Gasteiger partial charge on any atom is 0.340 e. The topological polar surface area (TPSA) is 102 Å². The highest BCUT2D eigenvalue weighted by molar-refractivity contribution is 6.11. The first-order valence-electron chi connectivity index (χ1n) is 7.18. The molecule has 0 heterocycles. The first-order chi connectivity index (χ1) is 11.5. The van der Waals surface area contributed by atoms with Gasteiger partial charge in [0.05, 0.1) is 36.6 Å². The standard InChI is InChI=1S/C18H14N2O4/c1-23-17(21)14-11-7-9-5-3-4-6-10(9)13(11)12(8-19)16(20)15(14)18(22)24-2/h3-6H,7,20H2,1-2H3. The van der Waals surface area contributed by atoms with E-state index in [1.807, 2.05) is 24.3 Å². The van der Waals surface area contributed by atoms with Crippen LogP contribution in [0, 0.1) is 11.3 Å². The molecule has 6 heteroatoms. The van der Waals surface area contributed by atoms with Crippen molar-refractivity contribution in [1.82, 2.24) is 0 Å². The number of carbonyl (C=O) groups is 2. The summed E-state index contributed by atoms with van der Waals surface area (Å²) in [6, 6.07) is 9.54. The predicted octanol–water partition coefficient (Wildman–Crippen LogP) is 2.28. The maximum absolute atomic E-state index is 12.3. The molecular formula is C18H14N2O4. The summed E-state index contributed by atoms with van der Waals surface area (Å²) in [5.41, 5.74) is 9.04. The Labute approximate surface area is 138 Å². The van der Waals surface area contributed by atoms with E-state index in [-0.39, 0.29) is 22.4 Å².